The van der Waals surface area contributed by atoms with Crippen LogP contribution in [0.15, 0.2) is 36.8 Å². The van der Waals surface area contributed by atoms with Gasteiger partial charge >= 0.3 is 6.36 Å². The normalized spacial score (nSPS) is 18.4. The van der Waals surface area contributed by atoms with Gasteiger partial charge in [0.25, 0.3) is 17.4 Å². The molecule has 1 fully saturated rings. The number of carbonyl (C=O) groups excluding carboxylic acids is 2. The van der Waals surface area contributed by atoms with Crippen LogP contribution in [0.25, 0.3) is 0 Å². The van der Waals surface area contributed by atoms with Gasteiger partial charge in [-0.15, -0.1) is 13.2 Å². The number of hydrogen-bond donors (Lipinski definition) is 1. The predicted octanol–water partition coefficient (Wildman–Crippen LogP) is 5.16. The summed E-state index contributed by atoms with van der Waals surface area (Å²) < 4.78 is 83.1. The highest BCUT2D eigenvalue weighted by atomic mass is 35.5. The highest BCUT2D eigenvalue weighted by Gasteiger charge is 2.49. The summed E-state index contributed by atoms with van der Waals surface area (Å²) in [7, 11) is 0. The Morgan fingerprint density at radius 2 is 1.78 bits per heavy atom. The molecule has 1 aromatic heterocycles. The Kier molecular flexibility index (Phi) is 8.25. The number of anilines is 1. The van der Waals surface area contributed by atoms with Crippen LogP contribution in [0, 0.1) is 6.92 Å². The Bertz CT molecular complexity index is 1120. The van der Waals surface area contributed by atoms with E-state index in [4.69, 9.17) is 11.6 Å². The van der Waals surface area contributed by atoms with Gasteiger partial charge in [-0.3, -0.25) is 14.5 Å². The van der Waals surface area contributed by atoms with E-state index in [9.17, 15) is 35.9 Å². The quantitative estimate of drug-likeness (QED) is 0.379. The molecule has 1 aliphatic carbocycles. The highest BCUT2D eigenvalue weighted by molar-refractivity contribution is 6.32. The van der Waals surface area contributed by atoms with E-state index in [0.29, 0.717) is 4.90 Å². The number of nitrogens with zero attached hydrogens (tertiary/aromatic N) is 3. The van der Waals surface area contributed by atoms with Gasteiger partial charge in [0, 0.05) is 42.0 Å². The van der Waals surface area contributed by atoms with E-state index >= 15 is 0 Å². The molecular formula is C23H23ClF6N4O3. The molecule has 37 heavy (non-hydrogen) atoms. The van der Waals surface area contributed by atoms with Crippen molar-refractivity contribution in [2.75, 3.05) is 4.90 Å². The van der Waals surface area contributed by atoms with Crippen LogP contribution in [0.2, 0.25) is 0 Å². The predicted molar refractivity (Wildman–Crippen MR) is 121 cm³/mol. The lowest BCUT2D eigenvalue weighted by Gasteiger charge is -2.42. The molecule has 2 aromatic rings. The summed E-state index contributed by atoms with van der Waals surface area (Å²) in [6.07, 6.45) is -3.59. The molecule has 3 rings (SSSR count). The molecule has 1 heterocycles. The summed E-state index contributed by atoms with van der Waals surface area (Å²) in [5.74, 6) is -5.76. The number of halogens is 7. The van der Waals surface area contributed by atoms with E-state index in [0.717, 1.165) is 24.3 Å². The van der Waals surface area contributed by atoms with Crippen molar-refractivity contribution in [1.82, 2.24) is 15.3 Å². The Morgan fingerprint density at radius 3 is 2.30 bits per heavy atom. The molecule has 1 aromatic carbocycles. The van der Waals surface area contributed by atoms with Crippen molar-refractivity contribution in [2.45, 2.75) is 69.0 Å². The van der Waals surface area contributed by atoms with Crippen molar-refractivity contribution in [3.05, 3.63) is 48.0 Å². The summed E-state index contributed by atoms with van der Waals surface area (Å²) in [6, 6.07) is 3.11. The van der Waals surface area contributed by atoms with Crippen LogP contribution >= 0.6 is 11.6 Å². The third-order valence-electron chi connectivity index (χ3n) is 6.11. The summed E-state index contributed by atoms with van der Waals surface area (Å²) >= 11 is 5.47. The van der Waals surface area contributed by atoms with Crippen LogP contribution in [0.3, 0.4) is 0 Å². The zero-order valence-electron chi connectivity index (χ0n) is 19.7. The molecule has 1 N–H and O–H groups in total. The van der Waals surface area contributed by atoms with Crippen LogP contribution in [0.1, 0.15) is 43.9 Å². The van der Waals surface area contributed by atoms with Crippen LogP contribution < -0.4 is 15.0 Å². The highest BCUT2D eigenvalue weighted by Crippen LogP contribution is 2.38. The van der Waals surface area contributed by atoms with Crippen molar-refractivity contribution in [2.24, 2.45) is 0 Å². The van der Waals surface area contributed by atoms with Crippen LogP contribution in [0.4, 0.5) is 32.0 Å². The first kappa shape index (κ1) is 28.5. The standard InChI is InChI=1S/C23H23ClF6N4O3/c1-13-17(11-31-12-32-13)21(2,20(36)33-14-7-9-22(26,27)10-8-14)34(19(35)18(24)25)15-3-5-16(6-4-15)37-23(28,29)30/h3-6,11-12,14,18H,7-10H2,1-2H3,(H,33,36)/t18-,21?/m0/s1. The van der Waals surface area contributed by atoms with Gasteiger partial charge in [0.2, 0.25) is 5.92 Å². The Balaban J connectivity index is 2.09. The minimum absolute atomic E-state index is 0.0439. The molecule has 1 unspecified atom stereocenters. The van der Waals surface area contributed by atoms with Gasteiger partial charge in [0.1, 0.15) is 12.1 Å². The Labute approximate surface area is 213 Å². The Hall–Kier alpha value is -3.09. The molecule has 7 nitrogen and oxygen atoms in total. The molecule has 14 heteroatoms. The third kappa shape index (κ3) is 6.62. The van der Waals surface area contributed by atoms with Crippen LogP contribution in [0.5, 0.6) is 5.75 Å². The number of ether oxygens (including phenoxy) is 1. The maximum atomic E-state index is 14.2. The van der Waals surface area contributed by atoms with Gasteiger partial charge in [-0.05, 0) is 51.0 Å². The summed E-state index contributed by atoms with van der Waals surface area (Å²) in [6.45, 7) is 2.75. The fourth-order valence-corrected chi connectivity index (χ4v) is 4.32. The van der Waals surface area contributed by atoms with E-state index in [-0.39, 0.29) is 29.8 Å². The average Bonchev–Trinajstić information content (AvgIpc) is 2.80. The molecule has 0 saturated heterocycles. The number of carbonyl (C=O) groups is 2. The van der Waals surface area contributed by atoms with E-state index in [2.05, 4.69) is 20.0 Å². The summed E-state index contributed by atoms with van der Waals surface area (Å²) in [4.78, 5) is 35.4. The van der Waals surface area contributed by atoms with Crippen molar-refractivity contribution in [3.63, 3.8) is 0 Å². The van der Waals surface area contributed by atoms with Gasteiger partial charge in [0.15, 0.2) is 5.54 Å². The number of aromatic nitrogens is 2. The number of aryl methyl sites for hydroxylation is 1. The monoisotopic (exact) mass is 552 g/mol. The molecule has 0 radical (unpaired) electrons. The minimum atomic E-state index is -4.99. The second kappa shape index (κ2) is 10.7. The van der Waals surface area contributed by atoms with Gasteiger partial charge in [-0.1, -0.05) is 11.6 Å². The van der Waals surface area contributed by atoms with Crippen molar-refractivity contribution in [3.8, 4) is 5.75 Å². The summed E-state index contributed by atoms with van der Waals surface area (Å²) in [5, 5.41) is 2.65. The first-order chi connectivity index (χ1) is 17.1. The molecule has 1 aliphatic rings. The SMILES string of the molecule is Cc1ncncc1C(C)(C(=O)NC1CCC(F)(F)CC1)N(C(=O)[C@H](F)Cl)c1ccc(OC(F)(F)F)cc1. The number of alkyl halides is 7. The maximum Gasteiger partial charge on any atom is 0.573 e. The van der Waals surface area contributed by atoms with Crippen LogP contribution in [-0.2, 0) is 15.1 Å². The maximum absolute atomic E-state index is 14.2. The van der Waals surface area contributed by atoms with Gasteiger partial charge in [-0.25, -0.2) is 23.1 Å². The van der Waals surface area contributed by atoms with Crippen molar-refractivity contribution in [1.29, 1.82) is 0 Å². The zero-order chi connectivity index (χ0) is 27.6. The molecule has 2 amide bonds. The topological polar surface area (TPSA) is 84.4 Å². The van der Waals surface area contributed by atoms with E-state index in [1.54, 1.807) is 0 Å². The molecule has 202 valence electrons. The lowest BCUT2D eigenvalue weighted by atomic mass is 9.86. The first-order valence-corrected chi connectivity index (χ1v) is 11.5. The molecule has 1 saturated carbocycles. The number of rotatable bonds is 7. The lowest BCUT2D eigenvalue weighted by molar-refractivity contribution is -0.274. The lowest BCUT2D eigenvalue weighted by Crippen LogP contribution is -2.60. The van der Waals surface area contributed by atoms with E-state index in [1.807, 2.05) is 0 Å². The Morgan fingerprint density at radius 1 is 1.19 bits per heavy atom. The molecule has 0 aliphatic heterocycles. The fourth-order valence-electron chi connectivity index (χ4n) is 4.22. The number of benzene rings is 1. The van der Waals surface area contributed by atoms with E-state index in [1.165, 1.54) is 26.4 Å². The largest absolute Gasteiger partial charge is 0.573 e. The second-order valence-electron chi connectivity index (χ2n) is 8.71. The third-order valence-corrected chi connectivity index (χ3v) is 6.30. The molecular weight excluding hydrogens is 530 g/mol. The molecule has 2 atom stereocenters. The average molecular weight is 553 g/mol. The van der Waals surface area contributed by atoms with Crippen LogP contribution in [-0.4, -0.2) is 45.7 Å². The second-order valence-corrected chi connectivity index (χ2v) is 9.10. The number of hydrogen-bond acceptors (Lipinski definition) is 5. The molecule has 0 bridgehead atoms. The van der Waals surface area contributed by atoms with Gasteiger partial charge in [0.05, 0.1) is 0 Å². The van der Waals surface area contributed by atoms with E-state index < -0.39 is 59.9 Å². The van der Waals surface area contributed by atoms with Crippen molar-refractivity contribution >= 4 is 29.1 Å². The number of nitrogens with one attached hydrogen (secondary N) is 1. The van der Waals surface area contributed by atoms with Gasteiger partial charge < -0.3 is 10.1 Å². The minimum Gasteiger partial charge on any atom is -0.406 e. The van der Waals surface area contributed by atoms with Crippen molar-refractivity contribution < 1.29 is 40.7 Å². The van der Waals surface area contributed by atoms with Gasteiger partial charge in [-0.2, -0.15) is 0 Å². The molecule has 0 spiro atoms. The fraction of sp³-hybridized carbons (Fsp3) is 0.478. The zero-order valence-corrected chi connectivity index (χ0v) is 20.4. The first-order valence-electron chi connectivity index (χ1n) is 11.1. The number of amides is 2. The smallest absolute Gasteiger partial charge is 0.406 e. The summed E-state index contributed by atoms with van der Waals surface area (Å²) in [5.41, 5.74) is -4.65.